The summed E-state index contributed by atoms with van der Waals surface area (Å²) in [6.07, 6.45) is 3.43. The first-order chi connectivity index (χ1) is 8.27. The maximum Gasteiger partial charge on any atom is 0.150 e. The number of phenols is 1. The first-order valence-electron chi connectivity index (χ1n) is 5.76. The Morgan fingerprint density at radius 1 is 1.29 bits per heavy atom. The van der Waals surface area contributed by atoms with E-state index in [0.717, 1.165) is 12.8 Å². The molecule has 1 saturated carbocycles. The molecule has 1 heterocycles. The highest BCUT2D eigenvalue weighted by Crippen LogP contribution is 2.36. The molecule has 0 radical (unpaired) electrons. The number of nitrogens with zero attached hydrogens (tertiary/aromatic N) is 3. The van der Waals surface area contributed by atoms with Crippen LogP contribution < -0.4 is 5.73 Å². The Morgan fingerprint density at radius 2 is 2.06 bits per heavy atom. The van der Waals surface area contributed by atoms with Gasteiger partial charge in [0.05, 0.1) is 6.04 Å². The van der Waals surface area contributed by atoms with Gasteiger partial charge in [-0.25, -0.2) is 4.68 Å². The van der Waals surface area contributed by atoms with Crippen LogP contribution in [-0.2, 0) is 0 Å². The van der Waals surface area contributed by atoms with Gasteiger partial charge in [-0.2, -0.15) is 0 Å². The van der Waals surface area contributed by atoms with E-state index in [1.54, 1.807) is 22.9 Å². The van der Waals surface area contributed by atoms with Crippen LogP contribution in [0.5, 0.6) is 5.75 Å². The van der Waals surface area contributed by atoms with E-state index < -0.39 is 0 Å². The average molecular weight is 230 g/mol. The smallest absolute Gasteiger partial charge is 0.150 e. The van der Waals surface area contributed by atoms with Crippen LogP contribution in [-0.4, -0.2) is 20.1 Å². The Kier molecular flexibility index (Phi) is 2.24. The SMILES string of the molecule is Nc1c(-c2ccccc2O)nnn1C1CCC1. The van der Waals surface area contributed by atoms with Crippen molar-refractivity contribution in [3.8, 4) is 17.0 Å². The molecular weight excluding hydrogens is 216 g/mol. The summed E-state index contributed by atoms with van der Waals surface area (Å²) < 4.78 is 1.77. The van der Waals surface area contributed by atoms with Crippen molar-refractivity contribution in [2.45, 2.75) is 25.3 Å². The molecule has 88 valence electrons. The molecular formula is C12H14N4O. The summed E-state index contributed by atoms with van der Waals surface area (Å²) in [6.45, 7) is 0. The second-order valence-corrected chi connectivity index (χ2v) is 4.37. The standard InChI is InChI=1S/C12H14N4O/c13-12-11(9-6-1-2-7-10(9)17)14-15-16(12)8-4-3-5-8/h1-2,6-8,17H,3-5,13H2. The average Bonchev–Trinajstić information content (AvgIpc) is 2.60. The summed E-state index contributed by atoms with van der Waals surface area (Å²) in [5, 5.41) is 17.9. The molecule has 1 aromatic carbocycles. The Labute approximate surface area is 98.9 Å². The first kappa shape index (κ1) is 10.1. The van der Waals surface area contributed by atoms with Crippen LogP contribution in [0.4, 0.5) is 5.82 Å². The number of anilines is 1. The van der Waals surface area contributed by atoms with Gasteiger partial charge in [-0.1, -0.05) is 17.3 Å². The van der Waals surface area contributed by atoms with Crippen LogP contribution in [0.15, 0.2) is 24.3 Å². The van der Waals surface area contributed by atoms with E-state index in [1.165, 1.54) is 6.42 Å². The number of phenolic OH excluding ortho intramolecular Hbond substituents is 1. The van der Waals surface area contributed by atoms with Crippen molar-refractivity contribution < 1.29 is 5.11 Å². The van der Waals surface area contributed by atoms with Gasteiger partial charge in [-0.15, -0.1) is 5.10 Å². The molecule has 5 nitrogen and oxygen atoms in total. The molecule has 1 aliphatic rings. The number of aromatic hydroxyl groups is 1. The second-order valence-electron chi connectivity index (χ2n) is 4.37. The third-order valence-corrected chi connectivity index (χ3v) is 3.31. The minimum atomic E-state index is 0.180. The zero-order chi connectivity index (χ0) is 11.8. The van der Waals surface area contributed by atoms with Crippen molar-refractivity contribution in [2.75, 3.05) is 5.73 Å². The molecule has 2 aromatic rings. The fourth-order valence-electron chi connectivity index (χ4n) is 2.07. The molecule has 3 N–H and O–H groups in total. The van der Waals surface area contributed by atoms with Crippen LogP contribution in [0.3, 0.4) is 0 Å². The molecule has 1 fully saturated rings. The Morgan fingerprint density at radius 3 is 2.71 bits per heavy atom. The lowest BCUT2D eigenvalue weighted by Gasteiger charge is -2.25. The summed E-state index contributed by atoms with van der Waals surface area (Å²) in [6, 6.07) is 7.40. The van der Waals surface area contributed by atoms with Crippen molar-refractivity contribution in [1.82, 2.24) is 15.0 Å². The summed E-state index contributed by atoms with van der Waals surface area (Å²) in [5.41, 5.74) is 7.24. The quantitative estimate of drug-likeness (QED) is 0.826. The predicted octanol–water partition coefficient (Wildman–Crippen LogP) is 1.96. The van der Waals surface area contributed by atoms with E-state index in [2.05, 4.69) is 10.3 Å². The van der Waals surface area contributed by atoms with E-state index in [-0.39, 0.29) is 5.75 Å². The molecule has 0 atom stereocenters. The monoisotopic (exact) mass is 230 g/mol. The molecule has 3 rings (SSSR count). The zero-order valence-electron chi connectivity index (χ0n) is 9.37. The molecule has 17 heavy (non-hydrogen) atoms. The molecule has 0 amide bonds. The van der Waals surface area contributed by atoms with E-state index >= 15 is 0 Å². The number of benzene rings is 1. The lowest BCUT2D eigenvalue weighted by atomic mass is 9.93. The lowest BCUT2D eigenvalue weighted by Crippen LogP contribution is -2.19. The number of nitrogens with two attached hydrogens (primary N) is 1. The van der Waals surface area contributed by atoms with Crippen LogP contribution >= 0.6 is 0 Å². The van der Waals surface area contributed by atoms with Crippen LogP contribution in [0, 0.1) is 0 Å². The van der Waals surface area contributed by atoms with Gasteiger partial charge in [-0.3, -0.25) is 0 Å². The number of nitrogen functional groups attached to an aromatic ring is 1. The van der Waals surface area contributed by atoms with Gasteiger partial charge >= 0.3 is 0 Å². The Hall–Kier alpha value is -2.04. The molecule has 0 unspecified atom stereocenters. The van der Waals surface area contributed by atoms with Crippen molar-refractivity contribution in [2.24, 2.45) is 0 Å². The summed E-state index contributed by atoms with van der Waals surface area (Å²) in [4.78, 5) is 0. The normalized spacial score (nSPS) is 15.8. The molecule has 0 spiro atoms. The topological polar surface area (TPSA) is 77.0 Å². The van der Waals surface area contributed by atoms with Crippen LogP contribution in [0.2, 0.25) is 0 Å². The summed E-state index contributed by atoms with van der Waals surface area (Å²) in [7, 11) is 0. The highest BCUT2D eigenvalue weighted by molar-refractivity contribution is 5.74. The van der Waals surface area contributed by atoms with Crippen LogP contribution in [0.25, 0.3) is 11.3 Å². The minimum absolute atomic E-state index is 0.180. The lowest BCUT2D eigenvalue weighted by molar-refractivity contribution is 0.288. The van der Waals surface area contributed by atoms with Crippen molar-refractivity contribution >= 4 is 5.82 Å². The third kappa shape index (κ3) is 1.54. The molecule has 5 heteroatoms. The Balaban J connectivity index is 2.04. The number of para-hydroxylation sites is 1. The van der Waals surface area contributed by atoms with Gasteiger partial charge in [0.1, 0.15) is 11.4 Å². The van der Waals surface area contributed by atoms with Gasteiger partial charge in [0.15, 0.2) is 5.82 Å². The zero-order valence-corrected chi connectivity index (χ0v) is 9.37. The molecule has 0 saturated heterocycles. The first-order valence-corrected chi connectivity index (χ1v) is 5.76. The van der Waals surface area contributed by atoms with Gasteiger partial charge < -0.3 is 10.8 Å². The minimum Gasteiger partial charge on any atom is -0.507 e. The van der Waals surface area contributed by atoms with Gasteiger partial charge in [0.25, 0.3) is 0 Å². The fraction of sp³-hybridized carbons (Fsp3) is 0.333. The maximum absolute atomic E-state index is 9.77. The molecule has 1 aliphatic carbocycles. The van der Waals surface area contributed by atoms with E-state index in [4.69, 9.17) is 5.73 Å². The van der Waals surface area contributed by atoms with Crippen molar-refractivity contribution in [3.63, 3.8) is 0 Å². The number of rotatable bonds is 2. The van der Waals surface area contributed by atoms with Crippen molar-refractivity contribution in [3.05, 3.63) is 24.3 Å². The van der Waals surface area contributed by atoms with E-state index in [1.807, 2.05) is 6.07 Å². The third-order valence-electron chi connectivity index (χ3n) is 3.31. The highest BCUT2D eigenvalue weighted by Gasteiger charge is 2.25. The summed E-state index contributed by atoms with van der Waals surface area (Å²) >= 11 is 0. The van der Waals surface area contributed by atoms with E-state index in [0.29, 0.717) is 23.1 Å². The van der Waals surface area contributed by atoms with Crippen molar-refractivity contribution in [1.29, 1.82) is 0 Å². The van der Waals surface area contributed by atoms with Gasteiger partial charge in [0, 0.05) is 5.56 Å². The van der Waals surface area contributed by atoms with Crippen LogP contribution in [0.1, 0.15) is 25.3 Å². The largest absolute Gasteiger partial charge is 0.507 e. The summed E-state index contributed by atoms with van der Waals surface area (Å²) in [5.74, 6) is 0.719. The molecule has 0 bridgehead atoms. The number of hydrogen-bond acceptors (Lipinski definition) is 4. The molecule has 0 aliphatic heterocycles. The number of hydrogen-bond donors (Lipinski definition) is 2. The van der Waals surface area contributed by atoms with Gasteiger partial charge in [-0.05, 0) is 31.4 Å². The van der Waals surface area contributed by atoms with E-state index in [9.17, 15) is 5.11 Å². The van der Waals surface area contributed by atoms with Gasteiger partial charge in [0.2, 0.25) is 0 Å². The number of aromatic nitrogens is 3. The molecule has 1 aromatic heterocycles. The maximum atomic E-state index is 9.77. The predicted molar refractivity (Wildman–Crippen MR) is 64.4 cm³/mol. The highest BCUT2D eigenvalue weighted by atomic mass is 16.3. The fourth-order valence-corrected chi connectivity index (χ4v) is 2.07. The Bertz CT molecular complexity index is 545. The second kappa shape index (κ2) is 3.76.